The van der Waals surface area contributed by atoms with Crippen LogP contribution in [0.3, 0.4) is 0 Å². The third-order valence-electron chi connectivity index (χ3n) is 3.83. The van der Waals surface area contributed by atoms with Gasteiger partial charge in [-0.3, -0.25) is 10.3 Å². The Bertz CT molecular complexity index is 889. The number of nitrogens with one attached hydrogen (secondary N) is 2. The molecule has 0 atom stereocenters. The Morgan fingerprint density at radius 2 is 1.84 bits per heavy atom. The summed E-state index contributed by atoms with van der Waals surface area (Å²) >= 11 is 3.12. The molecular weight excluding hydrogens is 479 g/mol. The summed E-state index contributed by atoms with van der Waals surface area (Å²) in [6, 6.07) is 7.68. The van der Waals surface area contributed by atoms with Crippen LogP contribution < -0.4 is 20.1 Å². The average molecular weight is 500 g/mol. The number of hydrogen-bond acceptors (Lipinski definition) is 5. The van der Waals surface area contributed by atoms with Crippen molar-refractivity contribution in [2.24, 2.45) is 4.99 Å². The molecule has 0 amide bonds. The molecule has 0 radical (unpaired) electrons. The number of hydrogen-bond donors (Lipinski definition) is 2. The van der Waals surface area contributed by atoms with Gasteiger partial charge in [0.1, 0.15) is 0 Å². The molecule has 7 nitrogen and oxygen atoms in total. The van der Waals surface area contributed by atoms with E-state index >= 15 is 0 Å². The summed E-state index contributed by atoms with van der Waals surface area (Å²) in [5, 5.41) is 14.4. The van der Waals surface area contributed by atoms with E-state index in [1.165, 1.54) is 12.1 Å². The molecule has 0 aliphatic heterocycles. The molecule has 11 heteroatoms. The van der Waals surface area contributed by atoms with Crippen molar-refractivity contribution in [1.82, 2.24) is 15.6 Å². The molecular formula is C20H21BrF3N5O2. The number of pyridine rings is 1. The Hall–Kier alpha value is -3.00. The molecule has 2 aromatic rings. The predicted molar refractivity (Wildman–Crippen MR) is 113 cm³/mol. The van der Waals surface area contributed by atoms with Crippen molar-refractivity contribution in [1.29, 1.82) is 5.26 Å². The second-order valence-corrected chi connectivity index (χ2v) is 7.15. The van der Waals surface area contributed by atoms with Gasteiger partial charge in [-0.2, -0.15) is 5.26 Å². The van der Waals surface area contributed by atoms with E-state index in [0.717, 1.165) is 19.3 Å². The highest BCUT2D eigenvalue weighted by Crippen LogP contribution is 2.34. The fourth-order valence-corrected chi connectivity index (χ4v) is 2.83. The molecule has 0 aliphatic carbocycles. The molecule has 2 N–H and O–H groups in total. The van der Waals surface area contributed by atoms with Crippen LogP contribution in [-0.4, -0.2) is 30.5 Å². The van der Waals surface area contributed by atoms with Gasteiger partial charge >= 0.3 is 6.36 Å². The summed E-state index contributed by atoms with van der Waals surface area (Å²) in [6.45, 7) is 0.879. The smallest absolute Gasteiger partial charge is 0.490 e. The highest BCUT2D eigenvalue weighted by Gasteiger charge is 2.32. The summed E-state index contributed by atoms with van der Waals surface area (Å²) in [5.74, 6) is 0.0169. The first kappa shape index (κ1) is 24.3. The number of aromatic nitrogens is 1. The minimum absolute atomic E-state index is 0.0433. The number of nitriles is 1. The normalized spacial score (nSPS) is 11.5. The molecule has 0 fully saturated rings. The van der Waals surface area contributed by atoms with Gasteiger partial charge in [-0.1, -0.05) is 28.8 Å². The number of halogens is 4. The lowest BCUT2D eigenvalue weighted by molar-refractivity contribution is -0.275. The first-order valence-electron chi connectivity index (χ1n) is 9.43. The quantitative estimate of drug-likeness (QED) is 0.156. The Morgan fingerprint density at radius 1 is 1.10 bits per heavy atom. The van der Waals surface area contributed by atoms with E-state index in [1.54, 1.807) is 30.6 Å². The Balaban J connectivity index is 1.68. The first-order chi connectivity index (χ1) is 14.9. The van der Waals surface area contributed by atoms with Crippen LogP contribution in [0.2, 0.25) is 0 Å². The Labute approximate surface area is 186 Å². The minimum atomic E-state index is -4.79. The second kappa shape index (κ2) is 12.6. The molecule has 31 heavy (non-hydrogen) atoms. The molecule has 0 spiro atoms. The maximum absolute atomic E-state index is 12.5. The zero-order chi connectivity index (χ0) is 22.5. The number of unbranched alkanes of at least 4 members (excludes halogenated alkanes) is 3. The molecule has 0 unspecified atom stereocenters. The third kappa shape index (κ3) is 10.0. The van der Waals surface area contributed by atoms with Crippen LogP contribution in [0.4, 0.5) is 18.9 Å². The molecule has 2 rings (SSSR count). The molecule has 0 saturated heterocycles. The van der Waals surface area contributed by atoms with Crippen LogP contribution in [0, 0.1) is 11.5 Å². The van der Waals surface area contributed by atoms with Gasteiger partial charge in [0.05, 0.1) is 12.3 Å². The lowest BCUT2D eigenvalue weighted by Crippen LogP contribution is -2.34. The number of rotatable bonds is 10. The highest BCUT2D eigenvalue weighted by atomic mass is 79.9. The lowest BCUT2D eigenvalue weighted by atomic mass is 10.2. The van der Waals surface area contributed by atoms with Crippen LogP contribution >= 0.6 is 15.9 Å². The van der Waals surface area contributed by atoms with Crippen molar-refractivity contribution in [2.75, 3.05) is 13.2 Å². The number of ether oxygens (including phenoxy) is 2. The van der Waals surface area contributed by atoms with Gasteiger partial charge in [-0.25, -0.2) is 4.99 Å². The van der Waals surface area contributed by atoms with Gasteiger partial charge < -0.3 is 14.8 Å². The fraction of sp³-hybridized carbons (Fsp3) is 0.350. The molecule has 0 saturated carbocycles. The van der Waals surface area contributed by atoms with E-state index in [9.17, 15) is 13.2 Å². The van der Waals surface area contributed by atoms with E-state index in [1.807, 2.05) is 6.19 Å². The van der Waals surface area contributed by atoms with Gasteiger partial charge in [0.2, 0.25) is 5.96 Å². The number of guanidine groups is 1. The molecule has 1 heterocycles. The van der Waals surface area contributed by atoms with E-state index in [4.69, 9.17) is 10.00 Å². The van der Waals surface area contributed by atoms with Crippen LogP contribution in [0.25, 0.3) is 0 Å². The van der Waals surface area contributed by atoms with Gasteiger partial charge in [-0.15, -0.1) is 13.2 Å². The molecule has 1 aromatic carbocycles. The van der Waals surface area contributed by atoms with Crippen molar-refractivity contribution in [3.63, 3.8) is 0 Å². The number of benzene rings is 1. The van der Waals surface area contributed by atoms with Crippen molar-refractivity contribution < 1.29 is 22.6 Å². The van der Waals surface area contributed by atoms with Crippen LogP contribution in [0.1, 0.15) is 25.7 Å². The third-order valence-corrected chi connectivity index (χ3v) is 4.32. The maximum Gasteiger partial charge on any atom is 0.573 e. The van der Waals surface area contributed by atoms with Crippen LogP contribution in [-0.2, 0) is 0 Å². The standard InChI is InChI=1S/C20H21BrF3N5O2/c21-15-5-6-17(18(13-15)31-20(22,23)24)30-12-4-2-1-3-9-27-19(28-14-25)29-16-7-10-26-11-8-16/h5-8,10-11,13H,1-4,9,12H2,(H2,26,27,28,29). The SMILES string of the molecule is N#CN/C(=N\c1ccncc1)NCCCCCCOc1ccc(Br)cc1OC(F)(F)F. The summed E-state index contributed by atoms with van der Waals surface area (Å²) < 4.78 is 47.4. The zero-order valence-corrected chi connectivity index (χ0v) is 18.0. The molecule has 1 aromatic heterocycles. The van der Waals surface area contributed by atoms with E-state index in [2.05, 4.69) is 41.3 Å². The summed E-state index contributed by atoms with van der Waals surface area (Å²) in [6.07, 6.45) is 3.47. The van der Waals surface area contributed by atoms with Gasteiger partial charge in [0, 0.05) is 23.4 Å². The van der Waals surface area contributed by atoms with Crippen molar-refractivity contribution >= 4 is 27.6 Å². The Kier molecular flexibility index (Phi) is 9.90. The fourth-order valence-electron chi connectivity index (χ4n) is 2.49. The molecule has 0 aliphatic rings. The van der Waals surface area contributed by atoms with Gasteiger partial charge in [0.15, 0.2) is 17.7 Å². The zero-order valence-electron chi connectivity index (χ0n) is 16.5. The van der Waals surface area contributed by atoms with Gasteiger partial charge in [0.25, 0.3) is 0 Å². The van der Waals surface area contributed by atoms with Crippen LogP contribution in [0.5, 0.6) is 11.5 Å². The van der Waals surface area contributed by atoms with E-state index < -0.39 is 6.36 Å². The average Bonchev–Trinajstić information content (AvgIpc) is 2.71. The lowest BCUT2D eigenvalue weighted by Gasteiger charge is -2.14. The number of nitrogens with zero attached hydrogens (tertiary/aromatic N) is 3. The summed E-state index contributed by atoms with van der Waals surface area (Å²) in [7, 11) is 0. The first-order valence-corrected chi connectivity index (χ1v) is 10.2. The van der Waals surface area contributed by atoms with Crippen LogP contribution in [0.15, 0.2) is 52.2 Å². The highest BCUT2D eigenvalue weighted by molar-refractivity contribution is 9.10. The topological polar surface area (TPSA) is 91.6 Å². The molecule has 166 valence electrons. The van der Waals surface area contributed by atoms with E-state index in [-0.39, 0.29) is 18.1 Å². The maximum atomic E-state index is 12.5. The van der Waals surface area contributed by atoms with Crippen molar-refractivity contribution in [3.8, 4) is 17.7 Å². The summed E-state index contributed by atoms with van der Waals surface area (Å²) in [4.78, 5) is 8.19. The van der Waals surface area contributed by atoms with Crippen molar-refractivity contribution in [3.05, 3.63) is 47.2 Å². The Morgan fingerprint density at radius 3 is 2.55 bits per heavy atom. The predicted octanol–water partition coefficient (Wildman–Crippen LogP) is 5.03. The largest absolute Gasteiger partial charge is 0.573 e. The number of aliphatic imine (C=N–C) groups is 1. The van der Waals surface area contributed by atoms with Gasteiger partial charge in [-0.05, 0) is 43.2 Å². The molecule has 0 bridgehead atoms. The van der Waals surface area contributed by atoms with E-state index in [0.29, 0.717) is 29.1 Å². The summed E-state index contributed by atoms with van der Waals surface area (Å²) in [5.41, 5.74) is 0.666. The van der Waals surface area contributed by atoms with Crippen molar-refractivity contribution in [2.45, 2.75) is 32.0 Å². The monoisotopic (exact) mass is 499 g/mol. The number of alkyl halides is 3. The minimum Gasteiger partial charge on any atom is -0.490 e. The second-order valence-electron chi connectivity index (χ2n) is 6.23.